The van der Waals surface area contributed by atoms with Crippen molar-refractivity contribution in [3.63, 3.8) is 0 Å². The Balaban J connectivity index is 2.15. The van der Waals surface area contributed by atoms with Crippen LogP contribution in [0.25, 0.3) is 0 Å². The molecule has 0 saturated carbocycles. The molecule has 2 aromatic rings. The average Bonchev–Trinajstić information content (AvgIpc) is 2.39. The predicted molar refractivity (Wildman–Crippen MR) is 69.6 cm³/mol. The van der Waals surface area contributed by atoms with Crippen LogP contribution in [0.5, 0.6) is 0 Å². The molecule has 2 rings (SSSR count). The van der Waals surface area contributed by atoms with E-state index in [4.69, 9.17) is 5.26 Å². The fourth-order valence-corrected chi connectivity index (χ4v) is 1.78. The molecule has 0 aliphatic heterocycles. The number of hydrogen-bond donors (Lipinski definition) is 1. The third-order valence-corrected chi connectivity index (χ3v) is 2.84. The summed E-state index contributed by atoms with van der Waals surface area (Å²) < 4.78 is 26.3. The van der Waals surface area contributed by atoms with Crippen LogP contribution in [-0.2, 0) is 0 Å². The number of anilines is 1. The number of benzene rings is 2. The number of rotatable bonds is 3. The summed E-state index contributed by atoms with van der Waals surface area (Å²) in [6, 6.07) is 12.1. The van der Waals surface area contributed by atoms with Gasteiger partial charge in [-0.2, -0.15) is 5.26 Å². The van der Waals surface area contributed by atoms with Crippen LogP contribution in [0.4, 0.5) is 14.5 Å². The van der Waals surface area contributed by atoms with Gasteiger partial charge in [-0.25, -0.2) is 8.78 Å². The third-order valence-electron chi connectivity index (χ3n) is 2.84. The first-order valence-corrected chi connectivity index (χ1v) is 5.82. The number of hydrogen-bond acceptors (Lipinski definition) is 2. The van der Waals surface area contributed by atoms with Crippen LogP contribution in [-0.4, -0.2) is 0 Å². The fraction of sp³-hybridized carbons (Fsp3) is 0.133. The van der Waals surface area contributed by atoms with Gasteiger partial charge in [0, 0.05) is 11.7 Å². The van der Waals surface area contributed by atoms with Crippen LogP contribution in [0, 0.1) is 23.0 Å². The van der Waals surface area contributed by atoms with Gasteiger partial charge in [0.1, 0.15) is 17.7 Å². The molecule has 0 aliphatic carbocycles. The van der Waals surface area contributed by atoms with Crippen LogP contribution in [0.3, 0.4) is 0 Å². The Hall–Kier alpha value is -2.41. The number of nitriles is 1. The smallest absolute Gasteiger partial charge is 0.143 e. The van der Waals surface area contributed by atoms with Crippen molar-refractivity contribution in [1.29, 1.82) is 5.26 Å². The van der Waals surface area contributed by atoms with Crippen molar-refractivity contribution in [2.45, 2.75) is 13.0 Å². The Morgan fingerprint density at radius 3 is 2.37 bits per heavy atom. The molecule has 0 saturated heterocycles. The lowest BCUT2D eigenvalue weighted by atomic mass is 10.1. The molecule has 4 heteroatoms. The van der Waals surface area contributed by atoms with E-state index in [1.54, 1.807) is 24.3 Å². The Morgan fingerprint density at radius 1 is 1.11 bits per heavy atom. The van der Waals surface area contributed by atoms with Crippen LogP contribution >= 0.6 is 0 Å². The van der Waals surface area contributed by atoms with Gasteiger partial charge in [0.15, 0.2) is 0 Å². The first kappa shape index (κ1) is 13.0. The lowest BCUT2D eigenvalue weighted by Gasteiger charge is -2.15. The highest BCUT2D eigenvalue weighted by atomic mass is 19.1. The summed E-state index contributed by atoms with van der Waals surface area (Å²) in [6.07, 6.45) is 0. The van der Waals surface area contributed by atoms with E-state index in [9.17, 15) is 8.78 Å². The molecule has 1 unspecified atom stereocenters. The summed E-state index contributed by atoms with van der Waals surface area (Å²) in [6.45, 7) is 1.89. The van der Waals surface area contributed by atoms with E-state index in [1.807, 2.05) is 6.92 Å². The Labute approximate surface area is 110 Å². The Morgan fingerprint density at radius 2 is 1.79 bits per heavy atom. The standard InChI is InChI=1S/C15H12F2N2/c1-10(11-2-5-13(16)6-3-11)19-14-7-4-12(9-18)15(17)8-14/h2-8,10,19H,1H3. The van der Waals surface area contributed by atoms with Crippen molar-refractivity contribution in [2.75, 3.05) is 5.32 Å². The summed E-state index contributed by atoms with van der Waals surface area (Å²) in [5.74, 6) is -0.848. The number of nitrogens with zero attached hydrogens (tertiary/aromatic N) is 1. The quantitative estimate of drug-likeness (QED) is 0.902. The molecule has 2 aromatic carbocycles. The van der Waals surface area contributed by atoms with Gasteiger partial charge in [-0.1, -0.05) is 12.1 Å². The molecule has 0 fully saturated rings. The van der Waals surface area contributed by atoms with Crippen molar-refractivity contribution in [2.24, 2.45) is 0 Å². The third kappa shape index (κ3) is 3.08. The highest BCUT2D eigenvalue weighted by molar-refractivity contribution is 5.49. The van der Waals surface area contributed by atoms with Crippen molar-refractivity contribution in [1.82, 2.24) is 0 Å². The zero-order valence-corrected chi connectivity index (χ0v) is 10.3. The molecule has 0 aromatic heterocycles. The maximum absolute atomic E-state index is 13.4. The number of nitrogens with one attached hydrogen (secondary N) is 1. The summed E-state index contributed by atoms with van der Waals surface area (Å²) >= 11 is 0. The van der Waals surface area contributed by atoms with E-state index in [2.05, 4.69) is 5.32 Å². The lowest BCUT2D eigenvalue weighted by molar-refractivity contribution is 0.624. The maximum Gasteiger partial charge on any atom is 0.143 e. The molecular weight excluding hydrogens is 246 g/mol. The molecule has 1 N–H and O–H groups in total. The van der Waals surface area contributed by atoms with Crippen LogP contribution in [0.2, 0.25) is 0 Å². The van der Waals surface area contributed by atoms with Crippen molar-refractivity contribution < 1.29 is 8.78 Å². The molecule has 0 spiro atoms. The van der Waals surface area contributed by atoms with Crippen molar-refractivity contribution >= 4 is 5.69 Å². The maximum atomic E-state index is 13.4. The van der Waals surface area contributed by atoms with Gasteiger partial charge in [0.05, 0.1) is 5.56 Å². The van der Waals surface area contributed by atoms with Gasteiger partial charge in [-0.05, 0) is 42.8 Å². The van der Waals surface area contributed by atoms with Gasteiger partial charge in [0.25, 0.3) is 0 Å². The van der Waals surface area contributed by atoms with Gasteiger partial charge in [-0.3, -0.25) is 0 Å². The van der Waals surface area contributed by atoms with E-state index < -0.39 is 5.82 Å². The lowest BCUT2D eigenvalue weighted by Crippen LogP contribution is -2.07. The molecule has 0 amide bonds. The highest BCUT2D eigenvalue weighted by Gasteiger charge is 2.07. The molecular formula is C15H12F2N2. The van der Waals surface area contributed by atoms with Crippen LogP contribution in [0.15, 0.2) is 42.5 Å². The monoisotopic (exact) mass is 258 g/mol. The Kier molecular flexibility index (Phi) is 3.76. The average molecular weight is 258 g/mol. The van der Waals surface area contributed by atoms with Gasteiger partial charge in [0.2, 0.25) is 0 Å². The Bertz CT molecular complexity index is 615. The van der Waals surface area contributed by atoms with Gasteiger partial charge >= 0.3 is 0 Å². The highest BCUT2D eigenvalue weighted by Crippen LogP contribution is 2.21. The minimum Gasteiger partial charge on any atom is -0.378 e. The summed E-state index contributed by atoms with van der Waals surface area (Å²) in [7, 11) is 0. The first-order valence-electron chi connectivity index (χ1n) is 5.82. The summed E-state index contributed by atoms with van der Waals surface area (Å²) in [4.78, 5) is 0. The normalized spacial score (nSPS) is 11.7. The van der Waals surface area contributed by atoms with Crippen LogP contribution < -0.4 is 5.32 Å². The molecule has 0 bridgehead atoms. The largest absolute Gasteiger partial charge is 0.378 e. The first-order chi connectivity index (χ1) is 9.10. The summed E-state index contributed by atoms with van der Waals surface area (Å²) in [5, 5.41) is 11.7. The van der Waals surface area contributed by atoms with E-state index in [1.165, 1.54) is 24.3 Å². The van der Waals surface area contributed by atoms with E-state index in [-0.39, 0.29) is 17.4 Å². The molecule has 96 valence electrons. The molecule has 0 heterocycles. The van der Waals surface area contributed by atoms with E-state index in [0.29, 0.717) is 5.69 Å². The van der Waals surface area contributed by atoms with Crippen molar-refractivity contribution in [3.8, 4) is 6.07 Å². The SMILES string of the molecule is CC(Nc1ccc(C#N)c(F)c1)c1ccc(F)cc1. The zero-order valence-electron chi connectivity index (χ0n) is 10.3. The minimum atomic E-state index is -0.557. The topological polar surface area (TPSA) is 35.8 Å². The molecule has 0 aliphatic rings. The van der Waals surface area contributed by atoms with Crippen molar-refractivity contribution in [3.05, 3.63) is 65.2 Å². The molecule has 1 atom stereocenters. The van der Waals surface area contributed by atoms with Gasteiger partial charge in [-0.15, -0.1) is 0 Å². The predicted octanol–water partition coefficient (Wildman–Crippen LogP) is 4.01. The van der Waals surface area contributed by atoms with Gasteiger partial charge < -0.3 is 5.32 Å². The van der Waals surface area contributed by atoms with E-state index in [0.717, 1.165) is 5.56 Å². The summed E-state index contributed by atoms with van der Waals surface area (Å²) in [5.41, 5.74) is 1.49. The van der Waals surface area contributed by atoms with E-state index >= 15 is 0 Å². The molecule has 19 heavy (non-hydrogen) atoms. The fourth-order valence-electron chi connectivity index (χ4n) is 1.78. The number of halogens is 2. The van der Waals surface area contributed by atoms with Crippen LogP contribution in [0.1, 0.15) is 24.1 Å². The zero-order chi connectivity index (χ0) is 13.8. The minimum absolute atomic E-state index is 0.0139. The molecule has 2 nitrogen and oxygen atoms in total. The molecule has 0 radical (unpaired) electrons. The second-order valence-electron chi connectivity index (χ2n) is 4.22. The second-order valence-corrected chi connectivity index (χ2v) is 4.22. The second kappa shape index (κ2) is 5.49.